The fraction of sp³-hybridized carbons (Fsp3) is 0.304. The number of carbonyl (C=O) groups excluding carboxylic acids is 1. The van der Waals surface area contributed by atoms with Crippen molar-refractivity contribution in [2.45, 2.75) is 45.1 Å². The van der Waals surface area contributed by atoms with E-state index in [-0.39, 0.29) is 11.9 Å². The van der Waals surface area contributed by atoms with Crippen LogP contribution in [0.3, 0.4) is 0 Å². The Bertz CT molecular complexity index is 910. The molecule has 2 aromatic carbocycles. The van der Waals surface area contributed by atoms with Crippen LogP contribution in [-0.2, 0) is 0 Å². The molecule has 0 spiro atoms. The van der Waals surface area contributed by atoms with Crippen LogP contribution in [0.15, 0.2) is 60.7 Å². The topological polar surface area (TPSA) is 46.9 Å². The Kier molecular flexibility index (Phi) is 5.05. The van der Waals surface area contributed by atoms with Crippen LogP contribution in [0.25, 0.3) is 16.9 Å². The summed E-state index contributed by atoms with van der Waals surface area (Å²) in [6, 6.07) is 20.2. The molecule has 1 fully saturated rings. The van der Waals surface area contributed by atoms with Crippen molar-refractivity contribution in [2.24, 2.45) is 0 Å². The minimum Gasteiger partial charge on any atom is -0.349 e. The quantitative estimate of drug-likeness (QED) is 0.719. The van der Waals surface area contributed by atoms with Crippen molar-refractivity contribution in [1.82, 2.24) is 15.1 Å². The molecular weight excluding hydrogens is 334 g/mol. The van der Waals surface area contributed by atoms with Gasteiger partial charge in [-0.3, -0.25) is 4.79 Å². The van der Waals surface area contributed by atoms with E-state index in [1.54, 1.807) is 0 Å². The van der Waals surface area contributed by atoms with Gasteiger partial charge in [0.1, 0.15) is 5.69 Å². The van der Waals surface area contributed by atoms with Gasteiger partial charge in [0.15, 0.2) is 0 Å². The van der Waals surface area contributed by atoms with E-state index < -0.39 is 0 Å². The van der Waals surface area contributed by atoms with Crippen LogP contribution in [0, 0.1) is 6.92 Å². The number of nitrogens with zero attached hydrogens (tertiary/aromatic N) is 2. The minimum absolute atomic E-state index is 0.0135. The first-order valence-electron chi connectivity index (χ1n) is 9.75. The average molecular weight is 359 g/mol. The summed E-state index contributed by atoms with van der Waals surface area (Å²) >= 11 is 0. The molecule has 0 bridgehead atoms. The van der Waals surface area contributed by atoms with E-state index in [2.05, 4.69) is 5.32 Å². The van der Waals surface area contributed by atoms with Crippen LogP contribution < -0.4 is 5.32 Å². The lowest BCUT2D eigenvalue weighted by Crippen LogP contribution is -2.36. The average Bonchev–Trinajstić information content (AvgIpc) is 3.07. The van der Waals surface area contributed by atoms with E-state index in [4.69, 9.17) is 5.10 Å². The lowest BCUT2D eigenvalue weighted by Gasteiger charge is -2.22. The van der Waals surface area contributed by atoms with Crippen LogP contribution in [0.1, 0.15) is 48.2 Å². The second kappa shape index (κ2) is 7.78. The number of carbonyl (C=O) groups is 1. The third kappa shape index (κ3) is 3.65. The normalized spacial score (nSPS) is 14.9. The van der Waals surface area contributed by atoms with Gasteiger partial charge in [0.05, 0.1) is 16.9 Å². The molecule has 1 amide bonds. The monoisotopic (exact) mass is 359 g/mol. The van der Waals surface area contributed by atoms with Gasteiger partial charge >= 0.3 is 0 Å². The third-order valence-electron chi connectivity index (χ3n) is 5.33. The van der Waals surface area contributed by atoms with E-state index in [9.17, 15) is 4.79 Å². The lowest BCUT2D eigenvalue weighted by atomic mass is 9.95. The summed E-state index contributed by atoms with van der Waals surface area (Å²) in [6.45, 7) is 1.97. The zero-order valence-corrected chi connectivity index (χ0v) is 15.7. The van der Waals surface area contributed by atoms with Crippen molar-refractivity contribution >= 4 is 5.91 Å². The number of aromatic nitrogens is 2. The van der Waals surface area contributed by atoms with E-state index in [0.29, 0.717) is 5.56 Å². The smallest absolute Gasteiger partial charge is 0.255 e. The SMILES string of the molecule is Cc1c(C(=O)NC2CCCCC2)c(-c2ccccc2)nn1-c1ccccc1. The van der Waals surface area contributed by atoms with Crippen molar-refractivity contribution in [3.05, 3.63) is 71.9 Å². The molecule has 0 saturated heterocycles. The standard InChI is InChI=1S/C23H25N3O/c1-17-21(23(27)24-19-13-7-3-8-14-19)22(18-11-5-2-6-12-18)25-26(17)20-15-9-4-10-16-20/h2,4-6,9-12,15-16,19H,3,7-8,13-14H2,1H3,(H,24,27). The Labute approximate surface area is 160 Å². The van der Waals surface area contributed by atoms with Gasteiger partial charge < -0.3 is 5.32 Å². The summed E-state index contributed by atoms with van der Waals surface area (Å²) in [5, 5.41) is 8.08. The molecule has 138 valence electrons. The number of nitrogens with one attached hydrogen (secondary N) is 1. The first-order chi connectivity index (χ1) is 13.2. The van der Waals surface area contributed by atoms with E-state index >= 15 is 0 Å². The number of rotatable bonds is 4. The second-order valence-electron chi connectivity index (χ2n) is 7.23. The highest BCUT2D eigenvalue weighted by Crippen LogP contribution is 2.28. The Morgan fingerprint density at radius 3 is 2.26 bits per heavy atom. The Balaban J connectivity index is 1.76. The predicted molar refractivity (Wildman–Crippen MR) is 108 cm³/mol. The maximum Gasteiger partial charge on any atom is 0.255 e. The Morgan fingerprint density at radius 2 is 1.59 bits per heavy atom. The van der Waals surface area contributed by atoms with Gasteiger partial charge in [0.2, 0.25) is 0 Å². The number of para-hydroxylation sites is 1. The molecular formula is C23H25N3O. The van der Waals surface area contributed by atoms with Crippen molar-refractivity contribution in [3.63, 3.8) is 0 Å². The largest absolute Gasteiger partial charge is 0.349 e. The van der Waals surface area contributed by atoms with Gasteiger partial charge in [-0.25, -0.2) is 4.68 Å². The summed E-state index contributed by atoms with van der Waals surface area (Å²) in [6.07, 6.45) is 5.79. The van der Waals surface area contributed by atoms with Crippen molar-refractivity contribution in [2.75, 3.05) is 0 Å². The first kappa shape index (κ1) is 17.5. The molecule has 1 aliphatic rings. The zero-order valence-electron chi connectivity index (χ0n) is 15.7. The van der Waals surface area contributed by atoms with Crippen LogP contribution in [0.2, 0.25) is 0 Å². The number of hydrogen-bond donors (Lipinski definition) is 1. The Hall–Kier alpha value is -2.88. The molecule has 0 radical (unpaired) electrons. The summed E-state index contributed by atoms with van der Waals surface area (Å²) in [7, 11) is 0. The fourth-order valence-electron chi connectivity index (χ4n) is 3.90. The van der Waals surface area contributed by atoms with Crippen LogP contribution >= 0.6 is 0 Å². The second-order valence-corrected chi connectivity index (χ2v) is 7.23. The summed E-state index contributed by atoms with van der Waals surface area (Å²) in [5.41, 5.74) is 4.21. The lowest BCUT2D eigenvalue weighted by molar-refractivity contribution is 0.0927. The minimum atomic E-state index is -0.0135. The van der Waals surface area contributed by atoms with E-state index in [1.807, 2.05) is 72.3 Å². The molecule has 4 heteroatoms. The summed E-state index contributed by atoms with van der Waals surface area (Å²) < 4.78 is 1.87. The predicted octanol–water partition coefficient (Wildman–Crippen LogP) is 4.91. The molecule has 1 aliphatic carbocycles. The maximum atomic E-state index is 13.2. The highest BCUT2D eigenvalue weighted by atomic mass is 16.1. The number of hydrogen-bond acceptors (Lipinski definition) is 2. The molecule has 1 N–H and O–H groups in total. The van der Waals surface area contributed by atoms with Gasteiger partial charge in [0.25, 0.3) is 5.91 Å². The molecule has 3 aromatic rings. The first-order valence-corrected chi connectivity index (χ1v) is 9.75. The Morgan fingerprint density at radius 1 is 0.963 bits per heavy atom. The molecule has 0 aliphatic heterocycles. The van der Waals surface area contributed by atoms with Crippen LogP contribution in [0.4, 0.5) is 0 Å². The highest BCUT2D eigenvalue weighted by molar-refractivity contribution is 6.01. The number of amides is 1. The highest BCUT2D eigenvalue weighted by Gasteiger charge is 2.25. The van der Waals surface area contributed by atoms with Crippen molar-refractivity contribution < 1.29 is 4.79 Å². The maximum absolute atomic E-state index is 13.2. The molecule has 4 nitrogen and oxygen atoms in total. The van der Waals surface area contributed by atoms with E-state index in [1.165, 1.54) is 19.3 Å². The van der Waals surface area contributed by atoms with Crippen molar-refractivity contribution in [1.29, 1.82) is 0 Å². The van der Waals surface area contributed by atoms with Crippen LogP contribution in [0.5, 0.6) is 0 Å². The van der Waals surface area contributed by atoms with Gasteiger partial charge in [-0.05, 0) is 31.9 Å². The number of benzene rings is 2. The molecule has 1 saturated carbocycles. The molecule has 4 rings (SSSR count). The molecule has 1 aromatic heterocycles. The van der Waals surface area contributed by atoms with Crippen molar-refractivity contribution in [3.8, 4) is 16.9 Å². The molecule has 0 atom stereocenters. The summed E-state index contributed by atoms with van der Waals surface area (Å²) in [5.74, 6) is -0.0135. The van der Waals surface area contributed by atoms with E-state index in [0.717, 1.165) is 35.5 Å². The third-order valence-corrected chi connectivity index (χ3v) is 5.33. The van der Waals surface area contributed by atoms with Gasteiger partial charge in [-0.15, -0.1) is 0 Å². The fourth-order valence-corrected chi connectivity index (χ4v) is 3.90. The molecule has 1 heterocycles. The molecule has 27 heavy (non-hydrogen) atoms. The van der Waals surface area contributed by atoms with Gasteiger partial charge in [-0.1, -0.05) is 67.8 Å². The summed E-state index contributed by atoms with van der Waals surface area (Å²) in [4.78, 5) is 13.2. The van der Waals surface area contributed by atoms with Gasteiger partial charge in [-0.2, -0.15) is 5.10 Å². The van der Waals surface area contributed by atoms with Gasteiger partial charge in [0, 0.05) is 11.6 Å². The molecule has 0 unspecified atom stereocenters. The zero-order chi connectivity index (χ0) is 18.6. The van der Waals surface area contributed by atoms with Crippen LogP contribution in [-0.4, -0.2) is 21.7 Å².